The summed E-state index contributed by atoms with van der Waals surface area (Å²) in [6.45, 7) is 4.27. The van der Waals surface area contributed by atoms with E-state index in [0.717, 1.165) is 0 Å². The lowest BCUT2D eigenvalue weighted by Gasteiger charge is -2.10. The molecule has 0 fully saturated rings. The van der Waals surface area contributed by atoms with Gasteiger partial charge in [0.2, 0.25) is 0 Å². The van der Waals surface area contributed by atoms with Crippen LogP contribution in [0.4, 0.5) is 0 Å². The van der Waals surface area contributed by atoms with Gasteiger partial charge >= 0.3 is 0 Å². The normalized spacial score (nSPS) is 12.3. The van der Waals surface area contributed by atoms with E-state index in [1.54, 1.807) is 12.1 Å². The van der Waals surface area contributed by atoms with Crippen LogP contribution >= 0.6 is 0 Å². The summed E-state index contributed by atoms with van der Waals surface area (Å²) in [6, 6.07) is 8.22. The molecule has 0 saturated heterocycles. The Kier molecular flexibility index (Phi) is 3.45. The van der Waals surface area contributed by atoms with Crippen molar-refractivity contribution in [2.75, 3.05) is 6.61 Å². The number of hydrogen-bond donors (Lipinski definition) is 0. The highest BCUT2D eigenvalue weighted by molar-refractivity contribution is 5.78. The van der Waals surface area contributed by atoms with Crippen LogP contribution in [0.1, 0.15) is 31.3 Å². The maximum absolute atomic E-state index is 12.0. The second kappa shape index (κ2) is 5.03. The Morgan fingerprint density at radius 1 is 1.44 bits per heavy atom. The van der Waals surface area contributed by atoms with Crippen molar-refractivity contribution in [3.8, 4) is 6.07 Å². The molecule has 1 heterocycles. The Morgan fingerprint density at radius 3 is 2.89 bits per heavy atom. The molecule has 0 aliphatic heterocycles. The van der Waals surface area contributed by atoms with E-state index in [1.807, 2.05) is 19.9 Å². The highest BCUT2D eigenvalue weighted by atomic mass is 16.5. The fraction of sp³-hybridized carbons (Fsp3) is 0.286. The zero-order valence-corrected chi connectivity index (χ0v) is 10.3. The van der Waals surface area contributed by atoms with Crippen molar-refractivity contribution in [1.82, 2.24) is 0 Å². The lowest BCUT2D eigenvalue weighted by atomic mass is 10.1. The Balaban J connectivity index is 2.57. The average Bonchev–Trinajstić information content (AvgIpc) is 2.38. The molecule has 0 radical (unpaired) electrons. The van der Waals surface area contributed by atoms with E-state index in [2.05, 4.69) is 0 Å². The van der Waals surface area contributed by atoms with Crippen LogP contribution in [0.2, 0.25) is 0 Å². The Hall–Kier alpha value is -2.12. The molecule has 0 bridgehead atoms. The second-order valence-corrected chi connectivity index (χ2v) is 3.93. The van der Waals surface area contributed by atoms with Crippen LogP contribution in [-0.2, 0) is 4.74 Å². The van der Waals surface area contributed by atoms with Gasteiger partial charge in [-0.3, -0.25) is 4.79 Å². The van der Waals surface area contributed by atoms with Crippen LogP contribution in [0.25, 0.3) is 11.0 Å². The Bertz CT molecular complexity index is 667. The molecule has 0 amide bonds. The average molecular weight is 243 g/mol. The minimum absolute atomic E-state index is 0.157. The summed E-state index contributed by atoms with van der Waals surface area (Å²) in [6.07, 6.45) is -0.261. The van der Waals surface area contributed by atoms with Gasteiger partial charge in [-0.15, -0.1) is 0 Å². The summed E-state index contributed by atoms with van der Waals surface area (Å²) in [4.78, 5) is 12.0. The smallest absolute Gasteiger partial charge is 0.193 e. The Morgan fingerprint density at radius 2 is 2.22 bits per heavy atom. The number of nitrogens with zero attached hydrogens (tertiary/aromatic N) is 1. The van der Waals surface area contributed by atoms with E-state index in [9.17, 15) is 4.79 Å². The van der Waals surface area contributed by atoms with Crippen molar-refractivity contribution in [3.63, 3.8) is 0 Å². The van der Waals surface area contributed by atoms with Gasteiger partial charge in [0.15, 0.2) is 5.43 Å². The SMILES string of the molecule is CCOC(C)c1cc(=O)c2cc(C#N)ccc2o1. The largest absolute Gasteiger partial charge is 0.458 e. The maximum atomic E-state index is 12.0. The van der Waals surface area contributed by atoms with Crippen LogP contribution in [0.3, 0.4) is 0 Å². The summed E-state index contributed by atoms with van der Waals surface area (Å²) >= 11 is 0. The third kappa shape index (κ3) is 2.27. The molecule has 0 spiro atoms. The molecular formula is C14H13NO3. The highest BCUT2D eigenvalue weighted by Crippen LogP contribution is 2.20. The van der Waals surface area contributed by atoms with E-state index >= 15 is 0 Å². The van der Waals surface area contributed by atoms with Crippen molar-refractivity contribution >= 4 is 11.0 Å². The maximum Gasteiger partial charge on any atom is 0.193 e. The van der Waals surface area contributed by atoms with E-state index in [4.69, 9.17) is 14.4 Å². The lowest BCUT2D eigenvalue weighted by Crippen LogP contribution is -2.06. The lowest BCUT2D eigenvalue weighted by molar-refractivity contribution is 0.0607. The van der Waals surface area contributed by atoms with Gasteiger partial charge in [-0.25, -0.2) is 0 Å². The van der Waals surface area contributed by atoms with Crippen LogP contribution in [-0.4, -0.2) is 6.61 Å². The summed E-state index contributed by atoms with van der Waals surface area (Å²) in [7, 11) is 0. The van der Waals surface area contributed by atoms with Gasteiger partial charge in [-0.2, -0.15) is 5.26 Å². The molecule has 18 heavy (non-hydrogen) atoms. The second-order valence-electron chi connectivity index (χ2n) is 3.93. The summed E-state index contributed by atoms with van der Waals surface area (Å²) < 4.78 is 11.0. The minimum Gasteiger partial charge on any atom is -0.458 e. The topological polar surface area (TPSA) is 63.2 Å². The van der Waals surface area contributed by atoms with Gasteiger partial charge in [0, 0.05) is 12.7 Å². The van der Waals surface area contributed by atoms with Crippen LogP contribution in [0.5, 0.6) is 0 Å². The quantitative estimate of drug-likeness (QED) is 0.831. The van der Waals surface area contributed by atoms with Gasteiger partial charge in [-0.05, 0) is 32.0 Å². The predicted octanol–water partition coefficient (Wildman–Crippen LogP) is 2.76. The summed E-state index contributed by atoms with van der Waals surface area (Å²) in [5, 5.41) is 9.22. The van der Waals surface area contributed by atoms with E-state index in [1.165, 1.54) is 12.1 Å². The number of rotatable bonds is 3. The summed E-state index contributed by atoms with van der Waals surface area (Å²) in [5.74, 6) is 0.499. The molecule has 1 unspecified atom stereocenters. The zero-order valence-electron chi connectivity index (χ0n) is 10.3. The van der Waals surface area contributed by atoms with Gasteiger partial charge < -0.3 is 9.15 Å². The highest BCUT2D eigenvalue weighted by Gasteiger charge is 2.11. The molecule has 92 valence electrons. The number of ether oxygens (including phenoxy) is 1. The molecule has 0 aliphatic carbocycles. The third-order valence-electron chi connectivity index (χ3n) is 2.69. The van der Waals surface area contributed by atoms with Gasteiger partial charge in [0.25, 0.3) is 0 Å². The molecule has 0 saturated carbocycles. The molecule has 4 heteroatoms. The first kappa shape index (κ1) is 12.3. The molecule has 2 rings (SSSR count). The minimum atomic E-state index is -0.261. The molecule has 1 atom stereocenters. The van der Waals surface area contributed by atoms with Gasteiger partial charge in [0.1, 0.15) is 17.4 Å². The fourth-order valence-electron chi connectivity index (χ4n) is 1.78. The van der Waals surface area contributed by atoms with Crippen LogP contribution in [0.15, 0.2) is 33.5 Å². The number of benzene rings is 1. The fourth-order valence-corrected chi connectivity index (χ4v) is 1.78. The van der Waals surface area contributed by atoms with Crippen LogP contribution < -0.4 is 5.43 Å². The monoisotopic (exact) mass is 243 g/mol. The van der Waals surface area contributed by atoms with Gasteiger partial charge in [0.05, 0.1) is 17.0 Å². The van der Waals surface area contributed by atoms with Gasteiger partial charge in [-0.1, -0.05) is 0 Å². The predicted molar refractivity (Wildman–Crippen MR) is 67.2 cm³/mol. The van der Waals surface area contributed by atoms with Crippen molar-refractivity contribution in [1.29, 1.82) is 5.26 Å². The number of nitriles is 1. The van der Waals surface area contributed by atoms with Crippen molar-refractivity contribution in [3.05, 3.63) is 45.8 Å². The molecular weight excluding hydrogens is 230 g/mol. The molecule has 0 aliphatic rings. The Labute approximate surface area is 104 Å². The number of fused-ring (bicyclic) bond motifs is 1. The molecule has 1 aromatic carbocycles. The standard InChI is InChI=1S/C14H13NO3/c1-3-17-9(2)14-7-12(16)11-6-10(8-15)4-5-13(11)18-14/h4-7,9H,3H2,1-2H3. The first-order valence-electron chi connectivity index (χ1n) is 5.75. The van der Waals surface area contributed by atoms with Crippen molar-refractivity contribution < 1.29 is 9.15 Å². The van der Waals surface area contributed by atoms with Crippen LogP contribution in [0, 0.1) is 11.3 Å². The zero-order chi connectivity index (χ0) is 13.1. The first-order chi connectivity index (χ1) is 8.65. The molecule has 1 aromatic heterocycles. The molecule has 2 aromatic rings. The summed E-state index contributed by atoms with van der Waals surface area (Å²) in [5.41, 5.74) is 0.762. The molecule has 0 N–H and O–H groups in total. The van der Waals surface area contributed by atoms with E-state index < -0.39 is 0 Å². The van der Waals surface area contributed by atoms with Crippen molar-refractivity contribution in [2.45, 2.75) is 20.0 Å². The molecule has 4 nitrogen and oxygen atoms in total. The van der Waals surface area contributed by atoms with E-state index in [-0.39, 0.29) is 11.5 Å². The van der Waals surface area contributed by atoms with Crippen molar-refractivity contribution in [2.24, 2.45) is 0 Å². The van der Waals surface area contributed by atoms with E-state index in [0.29, 0.717) is 28.9 Å². The first-order valence-corrected chi connectivity index (χ1v) is 5.75. The number of hydrogen-bond acceptors (Lipinski definition) is 4. The third-order valence-corrected chi connectivity index (χ3v) is 2.69.